The number of hydrogen-bond donors (Lipinski definition) is 2. The predicted octanol–water partition coefficient (Wildman–Crippen LogP) is 5.86. The molecular weight excluding hydrogens is 589 g/mol. The minimum absolute atomic E-state index is 0.00516. The molecule has 3 aliphatic heterocycles. The zero-order valence-corrected chi connectivity index (χ0v) is 25.4. The van der Waals surface area contributed by atoms with E-state index in [2.05, 4.69) is 16.0 Å². The molecule has 0 aliphatic carbocycles. The van der Waals surface area contributed by atoms with Crippen LogP contribution < -0.4 is 15.4 Å². The van der Waals surface area contributed by atoms with Gasteiger partial charge in [0.2, 0.25) is 0 Å². The molecule has 0 radical (unpaired) electrons. The molecule has 0 spiro atoms. The van der Waals surface area contributed by atoms with Crippen LogP contribution in [0.15, 0.2) is 18.2 Å². The van der Waals surface area contributed by atoms with Crippen molar-refractivity contribution in [2.24, 2.45) is 0 Å². The van der Waals surface area contributed by atoms with E-state index in [1.54, 1.807) is 19.9 Å². The largest absolute Gasteiger partial charge is 0.461 e. The number of thiophene rings is 1. The van der Waals surface area contributed by atoms with Gasteiger partial charge < -0.3 is 20.5 Å². The van der Waals surface area contributed by atoms with Gasteiger partial charge in [0, 0.05) is 42.4 Å². The lowest BCUT2D eigenvalue weighted by atomic mass is 9.92. The number of anilines is 2. The molecule has 0 saturated carbocycles. The van der Waals surface area contributed by atoms with Gasteiger partial charge in [-0.25, -0.2) is 13.2 Å². The third-order valence-corrected chi connectivity index (χ3v) is 10.5. The Bertz CT molecular complexity index is 1860. The number of nitrogens with two attached hydrogens (primary N) is 1. The van der Waals surface area contributed by atoms with Crippen molar-refractivity contribution in [3.63, 3.8) is 0 Å². The summed E-state index contributed by atoms with van der Waals surface area (Å²) < 4.78 is 52.5. The van der Waals surface area contributed by atoms with E-state index in [9.17, 15) is 19.1 Å². The van der Waals surface area contributed by atoms with Crippen LogP contribution in [0.1, 0.15) is 50.2 Å². The highest BCUT2D eigenvalue weighted by Crippen LogP contribution is 2.45. The number of nitrogen functional groups attached to an aromatic ring is 1. The number of aryl methyl sites for hydroxylation is 1. The van der Waals surface area contributed by atoms with E-state index in [0.717, 1.165) is 30.7 Å². The maximum Gasteiger partial charge on any atom is 0.319 e. The summed E-state index contributed by atoms with van der Waals surface area (Å²) in [7, 11) is 0. The number of halogens is 3. The summed E-state index contributed by atoms with van der Waals surface area (Å²) in [4.78, 5) is 13.4. The lowest BCUT2D eigenvalue weighted by molar-refractivity contribution is 0.0447. The molecule has 230 valence electrons. The second-order valence-corrected chi connectivity index (χ2v) is 13.8. The summed E-state index contributed by atoms with van der Waals surface area (Å²) in [6.45, 7) is 5.76. The molecule has 12 heteroatoms. The van der Waals surface area contributed by atoms with Crippen LogP contribution in [-0.4, -0.2) is 70.1 Å². The lowest BCUT2D eigenvalue weighted by Crippen LogP contribution is -2.46. The van der Waals surface area contributed by atoms with Gasteiger partial charge in [-0.1, -0.05) is 6.07 Å². The van der Waals surface area contributed by atoms with Crippen LogP contribution in [0, 0.1) is 29.9 Å². The Morgan fingerprint density at radius 1 is 1.23 bits per heavy atom. The summed E-state index contributed by atoms with van der Waals surface area (Å²) in [6.07, 6.45) is 2.53. The third kappa shape index (κ3) is 4.64. The van der Waals surface area contributed by atoms with Crippen LogP contribution >= 0.6 is 11.3 Å². The molecule has 0 unspecified atom stereocenters. The average molecular weight is 623 g/mol. The number of rotatable bonds is 5. The first-order valence-corrected chi connectivity index (χ1v) is 15.7. The molecule has 3 aliphatic rings. The first kappa shape index (κ1) is 29.1. The number of piperidine rings is 1. The van der Waals surface area contributed by atoms with Gasteiger partial charge in [-0.15, -0.1) is 11.3 Å². The van der Waals surface area contributed by atoms with Crippen molar-refractivity contribution in [2.75, 3.05) is 43.4 Å². The monoisotopic (exact) mass is 622 g/mol. The number of hydrogen-bond acceptors (Lipinski definition) is 9. The fraction of sp³-hybridized carbons (Fsp3) is 0.469. The summed E-state index contributed by atoms with van der Waals surface area (Å²) in [5, 5.41) is 21.6. The second kappa shape index (κ2) is 10.5. The topological polar surface area (TPSA) is 112 Å². The standard InChI is InChI=1S/C32H33F3N6O2S/c1-17-11-20-26(25(35)23(17)19-5-6-22(34)27-24(19)21(13-36)28(37)44-27)38-30(39-29(20)40-9-3-7-31(2,42)15-40)43-16-32-8-4-10-41(32)14-18(33)12-32/h5-6,11,18,42H,3-4,7-10,12,14-16,37H2,1-2H3/t18-,31-,32+/m1/s1. The molecule has 3 fully saturated rings. The molecule has 44 heavy (non-hydrogen) atoms. The van der Waals surface area contributed by atoms with Gasteiger partial charge >= 0.3 is 6.01 Å². The maximum atomic E-state index is 16.9. The quantitative estimate of drug-likeness (QED) is 0.285. The zero-order valence-electron chi connectivity index (χ0n) is 24.6. The molecule has 3 atom stereocenters. The summed E-state index contributed by atoms with van der Waals surface area (Å²) in [5.74, 6) is -0.763. The van der Waals surface area contributed by atoms with Crippen LogP contribution in [0.5, 0.6) is 6.01 Å². The van der Waals surface area contributed by atoms with Crippen molar-refractivity contribution in [3.8, 4) is 23.2 Å². The second-order valence-electron chi connectivity index (χ2n) is 12.7. The Hall–Kier alpha value is -3.66. The highest BCUT2D eigenvalue weighted by atomic mass is 32.1. The highest BCUT2D eigenvalue weighted by Gasteiger charge is 2.49. The number of benzene rings is 2. The van der Waals surface area contributed by atoms with Crippen molar-refractivity contribution < 1.29 is 23.0 Å². The molecule has 5 heterocycles. The van der Waals surface area contributed by atoms with Crippen LogP contribution in [0.25, 0.3) is 32.1 Å². The Labute approximate surface area is 256 Å². The molecule has 2 aromatic heterocycles. The Morgan fingerprint density at radius 3 is 2.80 bits per heavy atom. The van der Waals surface area contributed by atoms with Crippen molar-refractivity contribution in [1.82, 2.24) is 14.9 Å². The molecule has 3 saturated heterocycles. The van der Waals surface area contributed by atoms with E-state index in [-0.39, 0.29) is 44.3 Å². The molecule has 0 amide bonds. The number of fused-ring (bicyclic) bond motifs is 3. The predicted molar refractivity (Wildman–Crippen MR) is 165 cm³/mol. The molecule has 3 N–H and O–H groups in total. The van der Waals surface area contributed by atoms with Crippen LogP contribution in [0.2, 0.25) is 0 Å². The molecular formula is C32H33F3N6O2S. The number of aliphatic hydroxyl groups is 1. The maximum absolute atomic E-state index is 16.9. The summed E-state index contributed by atoms with van der Waals surface area (Å²) in [5.41, 5.74) is 5.82. The SMILES string of the molecule is Cc1cc2c(N3CCC[C@@](C)(O)C3)nc(OC[C@@]34CCCN3C[C@H](F)C4)nc2c(F)c1-c1ccc(F)c2sc(N)c(C#N)c12. The number of nitriles is 1. The highest BCUT2D eigenvalue weighted by molar-refractivity contribution is 7.23. The minimum Gasteiger partial charge on any atom is -0.461 e. The van der Waals surface area contributed by atoms with E-state index < -0.39 is 28.9 Å². The average Bonchev–Trinajstić information content (AvgIpc) is 3.62. The smallest absolute Gasteiger partial charge is 0.319 e. The lowest BCUT2D eigenvalue weighted by Gasteiger charge is -2.38. The Kier molecular flexibility index (Phi) is 6.91. The molecule has 0 bridgehead atoms. The van der Waals surface area contributed by atoms with Gasteiger partial charge in [0.15, 0.2) is 5.82 Å². The van der Waals surface area contributed by atoms with Crippen molar-refractivity contribution >= 4 is 43.1 Å². The van der Waals surface area contributed by atoms with Gasteiger partial charge in [0.1, 0.15) is 41.0 Å². The van der Waals surface area contributed by atoms with Gasteiger partial charge in [-0.3, -0.25) is 4.90 Å². The summed E-state index contributed by atoms with van der Waals surface area (Å²) in [6, 6.07) is 6.52. The van der Waals surface area contributed by atoms with E-state index in [1.807, 2.05) is 4.90 Å². The van der Waals surface area contributed by atoms with E-state index in [1.165, 1.54) is 12.1 Å². The zero-order chi connectivity index (χ0) is 31.0. The van der Waals surface area contributed by atoms with Crippen LogP contribution in [-0.2, 0) is 0 Å². The van der Waals surface area contributed by atoms with Crippen molar-refractivity contribution in [2.45, 2.75) is 63.3 Å². The number of alkyl halides is 1. The van der Waals surface area contributed by atoms with Crippen LogP contribution in [0.4, 0.5) is 24.0 Å². The van der Waals surface area contributed by atoms with E-state index in [0.29, 0.717) is 61.2 Å². The third-order valence-electron chi connectivity index (χ3n) is 9.49. The van der Waals surface area contributed by atoms with E-state index >= 15 is 4.39 Å². The molecule has 2 aromatic carbocycles. The number of β-amino-alcohol motifs (C(OH)–C–C–N with tert-alkyl or cyclic N) is 1. The fourth-order valence-corrected chi connectivity index (χ4v) is 8.46. The normalized spacial score (nSPS) is 25.6. The van der Waals surface area contributed by atoms with Gasteiger partial charge in [0.25, 0.3) is 0 Å². The number of ether oxygens (including phenoxy) is 1. The fourth-order valence-electron chi connectivity index (χ4n) is 7.51. The van der Waals surface area contributed by atoms with Crippen molar-refractivity contribution in [3.05, 3.63) is 41.0 Å². The first-order chi connectivity index (χ1) is 21.0. The first-order valence-electron chi connectivity index (χ1n) is 14.9. The number of nitrogens with zero attached hydrogens (tertiary/aromatic N) is 5. The molecule has 7 rings (SSSR count). The molecule has 8 nitrogen and oxygen atoms in total. The number of aromatic nitrogens is 2. The Balaban J connectivity index is 1.40. The van der Waals surface area contributed by atoms with Gasteiger partial charge in [-0.05, 0) is 69.3 Å². The van der Waals surface area contributed by atoms with Crippen LogP contribution in [0.3, 0.4) is 0 Å². The van der Waals surface area contributed by atoms with E-state index in [4.69, 9.17) is 15.5 Å². The van der Waals surface area contributed by atoms with Gasteiger partial charge in [0.05, 0.1) is 21.4 Å². The molecule has 4 aromatic rings. The van der Waals surface area contributed by atoms with Gasteiger partial charge in [-0.2, -0.15) is 15.2 Å². The summed E-state index contributed by atoms with van der Waals surface area (Å²) >= 11 is 0.954. The Morgan fingerprint density at radius 2 is 2.02 bits per heavy atom. The minimum atomic E-state index is -0.959. The van der Waals surface area contributed by atoms with Crippen molar-refractivity contribution in [1.29, 1.82) is 5.26 Å².